The molecular weight excluding hydrogens is 168 g/mol. The van der Waals surface area contributed by atoms with Crippen LogP contribution in [-0.4, -0.2) is 24.8 Å². The summed E-state index contributed by atoms with van der Waals surface area (Å²) < 4.78 is 4.51. The normalized spacial score (nSPS) is 10.6. The Morgan fingerprint density at radius 2 is 2.00 bits per heavy atom. The third-order valence-electron chi connectivity index (χ3n) is 1.69. The van der Waals surface area contributed by atoms with E-state index in [9.17, 15) is 4.79 Å². The van der Waals surface area contributed by atoms with E-state index in [-0.39, 0.29) is 12.6 Å². The van der Waals surface area contributed by atoms with Crippen LogP contribution in [0.1, 0.15) is 32.1 Å². The molecule has 0 bridgehead atoms. The Morgan fingerprint density at radius 3 is 2.62 bits per heavy atom. The van der Waals surface area contributed by atoms with E-state index in [1.807, 2.05) is 12.2 Å². The molecule has 13 heavy (non-hydrogen) atoms. The number of rotatable bonds is 7. The number of unbranched alkanes of at least 4 members (excludes halogenated alkanes) is 2. The quantitative estimate of drug-likeness (QED) is 0.373. The van der Waals surface area contributed by atoms with Gasteiger partial charge in [-0.25, -0.2) is 0 Å². The minimum absolute atomic E-state index is 0.140. The Bertz CT molecular complexity index is 152. The van der Waals surface area contributed by atoms with Crippen LogP contribution in [0.3, 0.4) is 0 Å². The zero-order valence-corrected chi connectivity index (χ0v) is 8.16. The fourth-order valence-electron chi connectivity index (χ4n) is 0.944. The maximum absolute atomic E-state index is 10.7. The summed E-state index contributed by atoms with van der Waals surface area (Å²) in [6.45, 7) is 0.207. The molecule has 0 radical (unpaired) electrons. The van der Waals surface area contributed by atoms with Crippen LogP contribution in [0.4, 0.5) is 0 Å². The molecule has 0 aromatic carbocycles. The van der Waals surface area contributed by atoms with Crippen molar-refractivity contribution >= 4 is 5.97 Å². The molecule has 76 valence electrons. The molecule has 0 aromatic rings. The Balaban J connectivity index is 3.12. The minimum Gasteiger partial charge on any atom is -0.469 e. The van der Waals surface area contributed by atoms with E-state index in [1.54, 1.807) is 0 Å². The minimum atomic E-state index is -0.140. The molecule has 0 spiro atoms. The van der Waals surface area contributed by atoms with E-state index in [1.165, 1.54) is 7.11 Å². The third-order valence-corrected chi connectivity index (χ3v) is 1.69. The van der Waals surface area contributed by atoms with Crippen LogP contribution < -0.4 is 0 Å². The maximum atomic E-state index is 10.7. The molecule has 0 saturated carbocycles. The molecule has 3 nitrogen and oxygen atoms in total. The van der Waals surface area contributed by atoms with E-state index in [4.69, 9.17) is 5.11 Å². The first-order valence-corrected chi connectivity index (χ1v) is 4.64. The second-order valence-corrected chi connectivity index (χ2v) is 2.81. The van der Waals surface area contributed by atoms with Gasteiger partial charge in [0.25, 0.3) is 0 Å². The Labute approximate surface area is 79.4 Å². The third kappa shape index (κ3) is 9.08. The van der Waals surface area contributed by atoms with E-state index in [0.29, 0.717) is 6.42 Å². The molecule has 0 saturated heterocycles. The van der Waals surface area contributed by atoms with E-state index in [0.717, 1.165) is 25.7 Å². The van der Waals surface area contributed by atoms with Crippen molar-refractivity contribution in [3.05, 3.63) is 12.2 Å². The van der Waals surface area contributed by atoms with Crippen molar-refractivity contribution < 1.29 is 14.6 Å². The number of aliphatic hydroxyl groups excluding tert-OH is 1. The number of carbonyl (C=O) groups is 1. The summed E-state index contributed by atoms with van der Waals surface area (Å²) in [5, 5.41) is 8.46. The van der Waals surface area contributed by atoms with E-state index >= 15 is 0 Å². The van der Waals surface area contributed by atoms with E-state index in [2.05, 4.69) is 4.74 Å². The number of aliphatic hydroxyl groups is 1. The lowest BCUT2D eigenvalue weighted by Crippen LogP contribution is -1.98. The Morgan fingerprint density at radius 1 is 1.31 bits per heavy atom. The Hall–Kier alpha value is -0.830. The van der Waals surface area contributed by atoms with Gasteiger partial charge >= 0.3 is 5.97 Å². The fourth-order valence-corrected chi connectivity index (χ4v) is 0.944. The first-order valence-electron chi connectivity index (χ1n) is 4.64. The van der Waals surface area contributed by atoms with Gasteiger partial charge in [-0.15, -0.1) is 0 Å². The van der Waals surface area contributed by atoms with Crippen LogP contribution >= 0.6 is 0 Å². The number of ether oxygens (including phenoxy) is 1. The van der Waals surface area contributed by atoms with Gasteiger partial charge in [0.05, 0.1) is 7.11 Å². The highest BCUT2D eigenvalue weighted by molar-refractivity contribution is 5.68. The highest BCUT2D eigenvalue weighted by Crippen LogP contribution is 2.01. The van der Waals surface area contributed by atoms with Gasteiger partial charge < -0.3 is 9.84 Å². The molecule has 0 aromatic heterocycles. The fraction of sp³-hybridized carbons (Fsp3) is 0.700. The van der Waals surface area contributed by atoms with Gasteiger partial charge in [-0.2, -0.15) is 0 Å². The van der Waals surface area contributed by atoms with Crippen LogP contribution in [0.2, 0.25) is 0 Å². The predicted molar refractivity (Wildman–Crippen MR) is 51.3 cm³/mol. The Kier molecular flexibility index (Phi) is 8.67. The van der Waals surface area contributed by atoms with Crippen molar-refractivity contribution in [3.63, 3.8) is 0 Å². The van der Waals surface area contributed by atoms with Gasteiger partial charge in [0.15, 0.2) is 0 Å². The zero-order chi connectivity index (χ0) is 9.94. The molecule has 0 aliphatic heterocycles. The van der Waals surface area contributed by atoms with Gasteiger partial charge in [0, 0.05) is 13.0 Å². The van der Waals surface area contributed by atoms with Gasteiger partial charge in [-0.05, 0) is 25.7 Å². The van der Waals surface area contributed by atoms with Crippen molar-refractivity contribution in [1.29, 1.82) is 0 Å². The van der Waals surface area contributed by atoms with Crippen molar-refractivity contribution in [3.8, 4) is 0 Å². The molecule has 0 atom stereocenters. The van der Waals surface area contributed by atoms with E-state index < -0.39 is 0 Å². The van der Waals surface area contributed by atoms with Crippen LogP contribution in [0.25, 0.3) is 0 Å². The lowest BCUT2D eigenvalue weighted by Gasteiger charge is -1.96. The smallest absolute Gasteiger partial charge is 0.305 e. The monoisotopic (exact) mass is 186 g/mol. The number of hydrogen-bond donors (Lipinski definition) is 1. The summed E-state index contributed by atoms with van der Waals surface area (Å²) in [5.41, 5.74) is 0. The summed E-state index contributed by atoms with van der Waals surface area (Å²) in [4.78, 5) is 10.7. The molecule has 0 aliphatic carbocycles. The molecule has 0 rings (SSSR count). The average molecular weight is 186 g/mol. The van der Waals surface area contributed by atoms with Crippen molar-refractivity contribution in [2.75, 3.05) is 13.7 Å². The van der Waals surface area contributed by atoms with Gasteiger partial charge in [-0.3, -0.25) is 4.79 Å². The number of hydrogen-bond acceptors (Lipinski definition) is 3. The van der Waals surface area contributed by atoms with Gasteiger partial charge in [0.2, 0.25) is 0 Å². The summed E-state index contributed by atoms with van der Waals surface area (Å²) in [6.07, 6.45) is 8.05. The predicted octanol–water partition coefficient (Wildman–Crippen LogP) is 1.66. The molecule has 0 aliphatic rings. The molecule has 0 heterocycles. The number of methoxy groups -OCH3 is 1. The van der Waals surface area contributed by atoms with Crippen molar-refractivity contribution in [2.45, 2.75) is 32.1 Å². The summed E-state index contributed by atoms with van der Waals surface area (Å²) in [5.74, 6) is -0.140. The molecule has 1 N–H and O–H groups in total. The molecule has 0 unspecified atom stereocenters. The van der Waals surface area contributed by atoms with Crippen LogP contribution in [0, 0.1) is 0 Å². The highest BCUT2D eigenvalue weighted by atomic mass is 16.5. The standard InChI is InChI=1S/C10H18O3/c1-13-10(12)8-6-4-2-3-5-7-9-11/h3,5,11H,2,4,6-9H2,1H3/b5-3-. The topological polar surface area (TPSA) is 46.5 Å². The van der Waals surface area contributed by atoms with Crippen LogP contribution in [-0.2, 0) is 9.53 Å². The second kappa shape index (κ2) is 9.26. The zero-order valence-electron chi connectivity index (χ0n) is 8.16. The second-order valence-electron chi connectivity index (χ2n) is 2.81. The largest absolute Gasteiger partial charge is 0.469 e. The SMILES string of the molecule is COC(=O)CCCC/C=C\CCO. The first kappa shape index (κ1) is 12.2. The summed E-state index contributed by atoms with van der Waals surface area (Å²) in [6, 6.07) is 0. The number of allylic oxidation sites excluding steroid dienone is 1. The molecule has 3 heteroatoms. The lowest BCUT2D eigenvalue weighted by molar-refractivity contribution is -0.140. The first-order chi connectivity index (χ1) is 6.31. The number of carbonyl (C=O) groups excluding carboxylic acids is 1. The summed E-state index contributed by atoms with van der Waals surface area (Å²) >= 11 is 0. The van der Waals surface area contributed by atoms with Crippen LogP contribution in [0.15, 0.2) is 12.2 Å². The average Bonchev–Trinajstić information content (AvgIpc) is 2.16. The van der Waals surface area contributed by atoms with Gasteiger partial charge in [0.1, 0.15) is 0 Å². The van der Waals surface area contributed by atoms with Crippen molar-refractivity contribution in [2.24, 2.45) is 0 Å². The van der Waals surface area contributed by atoms with Crippen LogP contribution in [0.5, 0.6) is 0 Å². The highest BCUT2D eigenvalue weighted by Gasteiger charge is 1.97. The number of esters is 1. The summed E-state index contributed by atoms with van der Waals surface area (Å²) in [7, 11) is 1.41. The maximum Gasteiger partial charge on any atom is 0.305 e. The molecule has 0 amide bonds. The molecule has 0 fully saturated rings. The van der Waals surface area contributed by atoms with Gasteiger partial charge in [-0.1, -0.05) is 12.2 Å². The van der Waals surface area contributed by atoms with Crippen molar-refractivity contribution in [1.82, 2.24) is 0 Å². The lowest BCUT2D eigenvalue weighted by atomic mass is 10.2. The molecular formula is C10H18O3.